The Morgan fingerprint density at radius 2 is 1.40 bits per heavy atom. The number of imide groups is 1. The minimum atomic E-state index is -1.13. The van der Waals surface area contributed by atoms with E-state index in [0.29, 0.717) is 12.8 Å². The third kappa shape index (κ3) is 9.49. The van der Waals surface area contributed by atoms with Crippen LogP contribution in [0.2, 0.25) is 0 Å². The molecule has 0 aromatic heterocycles. The second-order valence-electron chi connectivity index (χ2n) is 12.2. The number of aryl methyl sites for hydroxylation is 1. The molecule has 1 fully saturated rings. The third-order valence-electron chi connectivity index (χ3n) is 7.50. The number of urea groups is 1. The molecule has 1 N–H and O–H groups in total. The van der Waals surface area contributed by atoms with Crippen LogP contribution in [0, 0.1) is 0 Å². The molecule has 1 heterocycles. The monoisotopic (exact) mass is 613 g/mol. The van der Waals surface area contributed by atoms with Gasteiger partial charge in [0.1, 0.15) is 18.2 Å². The molecule has 0 spiro atoms. The van der Waals surface area contributed by atoms with Gasteiger partial charge in [-0.25, -0.2) is 14.5 Å². The Morgan fingerprint density at radius 3 is 1.96 bits per heavy atom. The number of amides is 3. The standard InChI is InChI=1S/C36H43N3O6/c1-5-29(37-30(22-21-26-15-9-6-10-16-26)33(41)44-25-28-19-13-8-14-20-28)32(40)39-31(34(42)45-36(2,3)4)24-38(35(39)43)23-27-17-11-7-12-18-27/h6-20,29-31,37H,5,21-25H2,1-4H3/t29-,30+,31+/m1/s1. The average molecular weight is 614 g/mol. The first kappa shape index (κ1) is 33.4. The van der Waals surface area contributed by atoms with Gasteiger partial charge in [0.15, 0.2) is 6.04 Å². The third-order valence-corrected chi connectivity index (χ3v) is 7.50. The Balaban J connectivity index is 1.55. The van der Waals surface area contributed by atoms with Gasteiger partial charge in [0.2, 0.25) is 5.91 Å². The van der Waals surface area contributed by atoms with E-state index in [4.69, 9.17) is 9.47 Å². The van der Waals surface area contributed by atoms with Gasteiger partial charge in [0, 0.05) is 6.54 Å². The normalized spacial score (nSPS) is 16.3. The van der Waals surface area contributed by atoms with E-state index in [0.717, 1.165) is 21.6 Å². The topological polar surface area (TPSA) is 105 Å². The maximum atomic E-state index is 14.1. The van der Waals surface area contributed by atoms with Crippen molar-refractivity contribution in [3.63, 3.8) is 0 Å². The first-order valence-electron chi connectivity index (χ1n) is 15.4. The predicted octanol–water partition coefficient (Wildman–Crippen LogP) is 5.27. The molecular formula is C36H43N3O6. The zero-order chi connectivity index (χ0) is 32.4. The lowest BCUT2D eigenvalue weighted by atomic mass is 10.0. The van der Waals surface area contributed by atoms with Crippen LogP contribution >= 0.6 is 0 Å². The van der Waals surface area contributed by atoms with Gasteiger partial charge in [-0.05, 0) is 56.7 Å². The molecule has 3 amide bonds. The van der Waals surface area contributed by atoms with E-state index in [1.807, 2.05) is 91.0 Å². The number of hydrogen-bond acceptors (Lipinski definition) is 7. The summed E-state index contributed by atoms with van der Waals surface area (Å²) in [5.41, 5.74) is 1.94. The van der Waals surface area contributed by atoms with Crippen molar-refractivity contribution >= 4 is 23.9 Å². The molecule has 0 unspecified atom stereocenters. The van der Waals surface area contributed by atoms with Crippen molar-refractivity contribution in [2.24, 2.45) is 0 Å². The van der Waals surface area contributed by atoms with Crippen LogP contribution in [-0.4, -0.2) is 63.9 Å². The zero-order valence-electron chi connectivity index (χ0n) is 26.5. The van der Waals surface area contributed by atoms with Gasteiger partial charge in [-0.15, -0.1) is 0 Å². The maximum Gasteiger partial charge on any atom is 0.331 e. The molecule has 0 bridgehead atoms. The highest BCUT2D eigenvalue weighted by atomic mass is 16.6. The van der Waals surface area contributed by atoms with Gasteiger partial charge in [-0.3, -0.25) is 14.9 Å². The molecule has 0 saturated carbocycles. The Kier molecular flexibility index (Phi) is 11.5. The quantitative estimate of drug-likeness (QED) is 0.262. The van der Waals surface area contributed by atoms with Crippen molar-refractivity contribution in [2.45, 2.75) is 83.8 Å². The van der Waals surface area contributed by atoms with Crippen LogP contribution in [0.4, 0.5) is 4.79 Å². The van der Waals surface area contributed by atoms with Gasteiger partial charge >= 0.3 is 18.0 Å². The summed E-state index contributed by atoms with van der Waals surface area (Å²) in [5, 5.41) is 3.19. The molecular weight excluding hydrogens is 570 g/mol. The van der Waals surface area contributed by atoms with Crippen LogP contribution in [0.25, 0.3) is 0 Å². The number of ether oxygens (including phenoxy) is 2. The molecule has 45 heavy (non-hydrogen) atoms. The Bertz CT molecular complexity index is 1430. The summed E-state index contributed by atoms with van der Waals surface area (Å²) >= 11 is 0. The van der Waals surface area contributed by atoms with Crippen LogP contribution in [-0.2, 0) is 43.4 Å². The molecule has 238 valence electrons. The second-order valence-corrected chi connectivity index (χ2v) is 12.2. The van der Waals surface area contributed by atoms with Gasteiger partial charge in [-0.1, -0.05) is 97.9 Å². The van der Waals surface area contributed by atoms with Crippen molar-refractivity contribution in [1.82, 2.24) is 15.1 Å². The van der Waals surface area contributed by atoms with E-state index in [1.165, 1.54) is 4.90 Å². The van der Waals surface area contributed by atoms with Crippen LogP contribution in [0.15, 0.2) is 91.0 Å². The average Bonchev–Trinajstić information content (AvgIpc) is 3.36. The maximum absolute atomic E-state index is 14.1. The molecule has 0 radical (unpaired) electrons. The zero-order valence-corrected chi connectivity index (χ0v) is 26.5. The van der Waals surface area contributed by atoms with E-state index >= 15 is 0 Å². The van der Waals surface area contributed by atoms with E-state index in [9.17, 15) is 19.2 Å². The highest BCUT2D eigenvalue weighted by molar-refractivity contribution is 6.03. The van der Waals surface area contributed by atoms with E-state index in [2.05, 4.69) is 5.32 Å². The van der Waals surface area contributed by atoms with Crippen LogP contribution in [0.5, 0.6) is 0 Å². The molecule has 1 aliphatic rings. The number of hydrogen-bond donors (Lipinski definition) is 1. The van der Waals surface area contributed by atoms with Gasteiger partial charge in [-0.2, -0.15) is 0 Å². The summed E-state index contributed by atoms with van der Waals surface area (Å²) < 4.78 is 11.3. The number of benzene rings is 3. The number of nitrogens with zero attached hydrogens (tertiary/aromatic N) is 2. The van der Waals surface area contributed by atoms with Crippen LogP contribution < -0.4 is 5.32 Å². The minimum Gasteiger partial charge on any atom is -0.460 e. The molecule has 3 aromatic rings. The van der Waals surface area contributed by atoms with Crippen LogP contribution in [0.3, 0.4) is 0 Å². The molecule has 1 saturated heterocycles. The predicted molar refractivity (Wildman–Crippen MR) is 171 cm³/mol. The molecule has 3 aromatic carbocycles. The second kappa shape index (κ2) is 15.5. The van der Waals surface area contributed by atoms with E-state index in [1.54, 1.807) is 27.7 Å². The minimum absolute atomic E-state index is 0.00136. The molecule has 0 aliphatic carbocycles. The summed E-state index contributed by atoms with van der Waals surface area (Å²) in [5.74, 6) is -1.74. The van der Waals surface area contributed by atoms with Crippen molar-refractivity contribution < 1.29 is 28.7 Å². The van der Waals surface area contributed by atoms with Crippen molar-refractivity contribution in [2.75, 3.05) is 6.54 Å². The number of carbonyl (C=O) groups excluding carboxylic acids is 4. The summed E-state index contributed by atoms with van der Waals surface area (Å²) in [6, 6.07) is 25.0. The van der Waals surface area contributed by atoms with E-state index in [-0.39, 0.29) is 26.1 Å². The molecule has 4 rings (SSSR count). The van der Waals surface area contributed by atoms with E-state index < -0.39 is 47.6 Å². The number of carbonyl (C=O) groups is 4. The van der Waals surface area contributed by atoms with Gasteiger partial charge in [0.25, 0.3) is 0 Å². The SMILES string of the molecule is CC[C@@H](N[C@@H](CCc1ccccc1)C(=O)OCc1ccccc1)C(=O)N1C(=O)N(Cc2ccccc2)C[C@H]1C(=O)OC(C)(C)C. The lowest BCUT2D eigenvalue weighted by Crippen LogP contribution is -2.56. The first-order chi connectivity index (χ1) is 21.6. The van der Waals surface area contributed by atoms with Crippen molar-refractivity contribution in [3.05, 3.63) is 108 Å². The fourth-order valence-corrected chi connectivity index (χ4v) is 5.22. The smallest absolute Gasteiger partial charge is 0.331 e. The van der Waals surface area contributed by atoms with Crippen molar-refractivity contribution in [1.29, 1.82) is 0 Å². The first-order valence-corrected chi connectivity index (χ1v) is 15.4. The highest BCUT2D eigenvalue weighted by Crippen LogP contribution is 2.24. The highest BCUT2D eigenvalue weighted by Gasteiger charge is 2.48. The lowest BCUT2D eigenvalue weighted by molar-refractivity contribution is -0.162. The number of esters is 2. The number of nitrogens with one attached hydrogen (secondary N) is 1. The van der Waals surface area contributed by atoms with Crippen LogP contribution in [0.1, 0.15) is 57.2 Å². The molecule has 1 aliphatic heterocycles. The fraction of sp³-hybridized carbons (Fsp3) is 0.389. The summed E-state index contributed by atoms with van der Waals surface area (Å²) in [6.45, 7) is 7.34. The summed E-state index contributed by atoms with van der Waals surface area (Å²) in [7, 11) is 0. The largest absolute Gasteiger partial charge is 0.460 e. The molecule has 3 atom stereocenters. The Labute approximate surface area is 265 Å². The van der Waals surface area contributed by atoms with Crippen molar-refractivity contribution in [3.8, 4) is 0 Å². The Hall–Kier alpha value is -4.50. The van der Waals surface area contributed by atoms with Gasteiger partial charge in [0.05, 0.1) is 12.6 Å². The Morgan fingerprint density at radius 1 is 0.844 bits per heavy atom. The van der Waals surface area contributed by atoms with Gasteiger partial charge < -0.3 is 14.4 Å². The summed E-state index contributed by atoms with van der Waals surface area (Å²) in [4.78, 5) is 57.1. The number of rotatable bonds is 13. The molecule has 9 nitrogen and oxygen atoms in total. The molecule has 9 heteroatoms. The fourth-order valence-electron chi connectivity index (χ4n) is 5.22. The lowest BCUT2D eigenvalue weighted by Gasteiger charge is -2.29. The summed E-state index contributed by atoms with van der Waals surface area (Å²) in [6.07, 6.45) is 1.21.